The zero-order chi connectivity index (χ0) is 20.5. The molecule has 2 aromatic carbocycles. The van der Waals surface area contributed by atoms with Crippen molar-refractivity contribution in [3.05, 3.63) is 58.8 Å². The first-order valence-electron chi connectivity index (χ1n) is 8.76. The van der Waals surface area contributed by atoms with Gasteiger partial charge in [0.15, 0.2) is 5.76 Å². The van der Waals surface area contributed by atoms with Crippen molar-refractivity contribution in [1.29, 1.82) is 0 Å². The monoisotopic (exact) mass is 402 g/mol. The van der Waals surface area contributed by atoms with E-state index in [4.69, 9.17) is 14.3 Å². The number of anilines is 1. The van der Waals surface area contributed by atoms with E-state index in [9.17, 15) is 13.2 Å². The fourth-order valence-electron chi connectivity index (χ4n) is 2.93. The summed E-state index contributed by atoms with van der Waals surface area (Å²) >= 11 is 0. The van der Waals surface area contributed by atoms with E-state index >= 15 is 0 Å². The van der Waals surface area contributed by atoms with Gasteiger partial charge < -0.3 is 14.5 Å². The van der Waals surface area contributed by atoms with Gasteiger partial charge in [-0.1, -0.05) is 18.2 Å². The number of furan rings is 1. The number of carbonyl (C=O) groups excluding carboxylic acids is 1. The molecule has 0 aliphatic carbocycles. The van der Waals surface area contributed by atoms with Crippen molar-refractivity contribution in [2.45, 2.75) is 32.3 Å². The Bertz CT molecular complexity index is 1150. The SMILES string of the molecule is CCOCc1c(C(=O)Nc2cc(S(N)(=O)=O)cc(C)c2C)oc2ccccc12. The molecule has 0 aliphatic rings. The first kappa shape index (κ1) is 20.1. The zero-order valence-corrected chi connectivity index (χ0v) is 16.7. The minimum Gasteiger partial charge on any atom is -0.451 e. The third kappa shape index (κ3) is 3.94. The smallest absolute Gasteiger partial charge is 0.291 e. The van der Waals surface area contributed by atoms with Gasteiger partial charge in [0, 0.05) is 23.2 Å². The molecule has 1 heterocycles. The van der Waals surface area contributed by atoms with E-state index in [1.54, 1.807) is 19.9 Å². The Morgan fingerprint density at radius 3 is 2.61 bits per heavy atom. The molecule has 0 saturated heterocycles. The number of primary sulfonamides is 1. The van der Waals surface area contributed by atoms with Crippen LogP contribution in [0.5, 0.6) is 0 Å². The Morgan fingerprint density at radius 2 is 1.93 bits per heavy atom. The second-order valence-corrected chi connectivity index (χ2v) is 8.02. The number of para-hydroxylation sites is 1. The number of nitrogens with two attached hydrogens (primary N) is 1. The van der Waals surface area contributed by atoms with E-state index < -0.39 is 15.9 Å². The number of hydrogen-bond acceptors (Lipinski definition) is 5. The number of aryl methyl sites for hydroxylation is 1. The maximum atomic E-state index is 13.0. The predicted molar refractivity (Wildman–Crippen MR) is 107 cm³/mol. The molecule has 3 rings (SSSR count). The van der Waals surface area contributed by atoms with Crippen molar-refractivity contribution >= 4 is 32.6 Å². The summed E-state index contributed by atoms with van der Waals surface area (Å²) in [6, 6.07) is 10.1. The summed E-state index contributed by atoms with van der Waals surface area (Å²) in [7, 11) is -3.90. The summed E-state index contributed by atoms with van der Waals surface area (Å²) in [5.41, 5.74) is 3.02. The van der Waals surface area contributed by atoms with Gasteiger partial charge in [-0.25, -0.2) is 13.6 Å². The van der Waals surface area contributed by atoms with E-state index in [2.05, 4.69) is 5.32 Å². The van der Waals surface area contributed by atoms with Crippen molar-refractivity contribution in [2.75, 3.05) is 11.9 Å². The van der Waals surface area contributed by atoms with Crippen molar-refractivity contribution in [2.24, 2.45) is 5.14 Å². The van der Waals surface area contributed by atoms with Crippen LogP contribution in [-0.4, -0.2) is 20.9 Å². The number of amides is 1. The van der Waals surface area contributed by atoms with E-state index in [0.29, 0.717) is 29.0 Å². The summed E-state index contributed by atoms with van der Waals surface area (Å²) < 4.78 is 34.7. The van der Waals surface area contributed by atoms with Crippen molar-refractivity contribution in [3.63, 3.8) is 0 Å². The van der Waals surface area contributed by atoms with E-state index in [1.807, 2.05) is 25.1 Å². The second kappa shape index (κ2) is 7.75. The molecule has 0 spiro atoms. The second-order valence-electron chi connectivity index (χ2n) is 6.45. The molecule has 3 aromatic rings. The Labute approximate surface area is 163 Å². The van der Waals surface area contributed by atoms with Gasteiger partial charge in [-0.3, -0.25) is 4.79 Å². The summed E-state index contributed by atoms with van der Waals surface area (Å²) in [5, 5.41) is 8.79. The highest BCUT2D eigenvalue weighted by atomic mass is 32.2. The van der Waals surface area contributed by atoms with Crippen LogP contribution in [0.25, 0.3) is 11.0 Å². The molecule has 3 N–H and O–H groups in total. The molecule has 148 valence electrons. The molecule has 0 radical (unpaired) electrons. The highest BCUT2D eigenvalue weighted by molar-refractivity contribution is 7.89. The summed E-state index contributed by atoms with van der Waals surface area (Å²) in [5.74, 6) is -0.354. The van der Waals surface area contributed by atoms with Crippen molar-refractivity contribution in [1.82, 2.24) is 0 Å². The average molecular weight is 402 g/mol. The molecule has 0 unspecified atom stereocenters. The Kier molecular flexibility index (Phi) is 5.55. The zero-order valence-electron chi connectivity index (χ0n) is 15.9. The molecule has 28 heavy (non-hydrogen) atoms. The van der Waals surface area contributed by atoms with E-state index in [1.165, 1.54) is 12.1 Å². The fraction of sp³-hybridized carbons (Fsp3) is 0.250. The number of fused-ring (bicyclic) bond motifs is 1. The van der Waals surface area contributed by atoms with Gasteiger partial charge in [-0.05, 0) is 50.1 Å². The van der Waals surface area contributed by atoms with Crippen LogP contribution in [0.4, 0.5) is 5.69 Å². The van der Waals surface area contributed by atoms with Gasteiger partial charge in [0.25, 0.3) is 5.91 Å². The Balaban J connectivity index is 2.03. The standard InChI is InChI=1S/C20H22N2O5S/c1-4-26-11-16-15-7-5-6-8-18(15)27-19(16)20(23)22-17-10-14(28(21,24)25)9-12(2)13(17)3/h5-10H,4,11H2,1-3H3,(H,22,23)(H2,21,24,25). The molecule has 1 amide bonds. The Hall–Kier alpha value is -2.68. The van der Waals surface area contributed by atoms with Crippen LogP contribution >= 0.6 is 0 Å². The van der Waals surface area contributed by atoms with Gasteiger partial charge in [0.1, 0.15) is 5.58 Å². The lowest BCUT2D eigenvalue weighted by Gasteiger charge is -2.12. The highest BCUT2D eigenvalue weighted by Gasteiger charge is 2.22. The molecule has 0 atom stereocenters. The normalized spacial score (nSPS) is 11.7. The molecule has 7 nitrogen and oxygen atoms in total. The van der Waals surface area contributed by atoms with Crippen molar-refractivity contribution in [3.8, 4) is 0 Å². The highest BCUT2D eigenvalue weighted by Crippen LogP contribution is 2.29. The molecule has 8 heteroatoms. The molecule has 0 aliphatic heterocycles. The van der Waals surface area contributed by atoms with Crippen LogP contribution in [0.15, 0.2) is 45.7 Å². The largest absolute Gasteiger partial charge is 0.451 e. The lowest BCUT2D eigenvalue weighted by molar-refractivity contribution is 0.0984. The number of sulfonamides is 1. The van der Waals surface area contributed by atoms with Gasteiger partial charge in [0.05, 0.1) is 11.5 Å². The average Bonchev–Trinajstić information content (AvgIpc) is 3.01. The molecular weight excluding hydrogens is 380 g/mol. The molecule has 0 saturated carbocycles. The third-order valence-electron chi connectivity index (χ3n) is 4.57. The fourth-order valence-corrected chi connectivity index (χ4v) is 3.55. The molecule has 0 bridgehead atoms. The number of hydrogen-bond donors (Lipinski definition) is 2. The third-order valence-corrected chi connectivity index (χ3v) is 5.47. The van der Waals surface area contributed by atoms with Crippen LogP contribution in [0.2, 0.25) is 0 Å². The molecule has 1 aromatic heterocycles. The van der Waals surface area contributed by atoms with Crippen molar-refractivity contribution < 1.29 is 22.4 Å². The maximum absolute atomic E-state index is 13.0. The topological polar surface area (TPSA) is 112 Å². The van der Waals surface area contributed by atoms with Crippen LogP contribution < -0.4 is 10.5 Å². The van der Waals surface area contributed by atoms with Gasteiger partial charge in [-0.2, -0.15) is 0 Å². The van der Waals surface area contributed by atoms with Crippen LogP contribution in [-0.2, 0) is 21.4 Å². The molecule has 0 fully saturated rings. The van der Waals surface area contributed by atoms with Crippen LogP contribution in [0.3, 0.4) is 0 Å². The Morgan fingerprint density at radius 1 is 1.21 bits per heavy atom. The predicted octanol–water partition coefficient (Wildman–Crippen LogP) is 3.49. The minimum atomic E-state index is -3.90. The summed E-state index contributed by atoms with van der Waals surface area (Å²) in [6.07, 6.45) is 0. The first-order valence-corrected chi connectivity index (χ1v) is 10.3. The lowest BCUT2D eigenvalue weighted by atomic mass is 10.1. The number of ether oxygens (including phenoxy) is 1. The van der Waals surface area contributed by atoms with Crippen LogP contribution in [0, 0.1) is 13.8 Å². The summed E-state index contributed by atoms with van der Waals surface area (Å²) in [4.78, 5) is 12.9. The van der Waals surface area contributed by atoms with Gasteiger partial charge in [0.2, 0.25) is 10.0 Å². The van der Waals surface area contributed by atoms with E-state index in [0.717, 1.165) is 10.9 Å². The number of rotatable bonds is 6. The number of benzene rings is 2. The minimum absolute atomic E-state index is 0.0648. The van der Waals surface area contributed by atoms with Gasteiger partial charge in [-0.15, -0.1) is 0 Å². The quantitative estimate of drug-likeness (QED) is 0.655. The van der Waals surface area contributed by atoms with E-state index in [-0.39, 0.29) is 17.3 Å². The first-order chi connectivity index (χ1) is 13.2. The number of carbonyl (C=O) groups is 1. The van der Waals surface area contributed by atoms with Gasteiger partial charge >= 0.3 is 0 Å². The molecular formula is C20H22N2O5S. The maximum Gasteiger partial charge on any atom is 0.291 e. The number of nitrogens with one attached hydrogen (secondary N) is 1. The lowest BCUT2D eigenvalue weighted by Crippen LogP contribution is -2.17. The summed E-state index contributed by atoms with van der Waals surface area (Å²) in [6.45, 7) is 6.13. The van der Waals surface area contributed by atoms with Crippen LogP contribution in [0.1, 0.15) is 34.2 Å².